The monoisotopic (exact) mass is 497 g/mol. The van der Waals surface area contributed by atoms with E-state index in [1.54, 1.807) is 39.8 Å². The standard InChI is InChI=1S/C27H32FN3O5/c1-17(2)23-22(14-19-8-6-5-7-9-19)30(16-36-15-20-10-12-21(28)13-11-20)26(35)31(24(23)32)27(29,18(3)4)25(33)34/h5-13,17-18H,14-16,29H2,1-4H3,(H,33,34). The van der Waals surface area contributed by atoms with E-state index in [4.69, 9.17) is 10.5 Å². The zero-order chi connectivity index (χ0) is 26.6. The van der Waals surface area contributed by atoms with Gasteiger partial charge in [-0.15, -0.1) is 0 Å². The topological polar surface area (TPSA) is 117 Å². The summed E-state index contributed by atoms with van der Waals surface area (Å²) in [5.41, 5.74) is 4.67. The summed E-state index contributed by atoms with van der Waals surface area (Å²) in [5.74, 6) is -2.97. The highest BCUT2D eigenvalue weighted by Crippen LogP contribution is 2.23. The number of aliphatic carboxylic acids is 1. The SMILES string of the molecule is CC(C)c1c(Cc2ccccc2)n(COCc2ccc(F)cc2)c(=O)n(C(N)(C(=O)O)C(C)C)c1=O. The van der Waals surface area contributed by atoms with Crippen LogP contribution < -0.4 is 17.0 Å². The highest BCUT2D eigenvalue weighted by molar-refractivity contribution is 5.76. The van der Waals surface area contributed by atoms with Gasteiger partial charge in [-0.05, 0) is 29.2 Å². The van der Waals surface area contributed by atoms with Crippen molar-refractivity contribution in [2.45, 2.75) is 59.0 Å². The average Bonchev–Trinajstić information content (AvgIpc) is 2.82. The normalized spacial score (nSPS) is 13.2. The summed E-state index contributed by atoms with van der Waals surface area (Å²) in [4.78, 5) is 39.7. The molecule has 0 aliphatic carbocycles. The first-order valence-corrected chi connectivity index (χ1v) is 11.8. The number of nitrogens with two attached hydrogens (primary N) is 1. The Morgan fingerprint density at radius 1 is 1.03 bits per heavy atom. The van der Waals surface area contributed by atoms with Crippen molar-refractivity contribution in [2.24, 2.45) is 11.7 Å². The Labute approximate surface area is 208 Å². The molecule has 36 heavy (non-hydrogen) atoms. The molecule has 8 nitrogen and oxygen atoms in total. The fourth-order valence-corrected chi connectivity index (χ4v) is 4.17. The number of carboxylic acids is 1. The van der Waals surface area contributed by atoms with E-state index < -0.39 is 28.8 Å². The summed E-state index contributed by atoms with van der Waals surface area (Å²) in [5, 5.41) is 9.98. The molecule has 0 bridgehead atoms. The number of carboxylic acid groups (broad SMARTS) is 1. The molecule has 0 saturated carbocycles. The summed E-state index contributed by atoms with van der Waals surface area (Å²) in [7, 11) is 0. The number of aromatic nitrogens is 2. The van der Waals surface area contributed by atoms with Gasteiger partial charge in [-0.3, -0.25) is 15.1 Å². The van der Waals surface area contributed by atoms with Gasteiger partial charge in [0.2, 0.25) is 5.66 Å². The molecule has 1 heterocycles. The van der Waals surface area contributed by atoms with Gasteiger partial charge in [0.25, 0.3) is 5.56 Å². The van der Waals surface area contributed by atoms with Gasteiger partial charge >= 0.3 is 11.7 Å². The molecule has 3 rings (SSSR count). The van der Waals surface area contributed by atoms with Crippen LogP contribution in [0.4, 0.5) is 4.39 Å². The van der Waals surface area contributed by atoms with E-state index in [0.29, 0.717) is 21.4 Å². The maximum Gasteiger partial charge on any atom is 0.345 e. The van der Waals surface area contributed by atoms with E-state index in [9.17, 15) is 23.9 Å². The van der Waals surface area contributed by atoms with E-state index in [0.717, 1.165) is 5.56 Å². The molecule has 0 amide bonds. The van der Waals surface area contributed by atoms with E-state index in [-0.39, 0.29) is 31.5 Å². The smallest absolute Gasteiger partial charge is 0.345 e. The lowest BCUT2D eigenvalue weighted by molar-refractivity contribution is -0.150. The molecule has 0 aliphatic heterocycles. The predicted molar refractivity (Wildman–Crippen MR) is 134 cm³/mol. The van der Waals surface area contributed by atoms with Gasteiger partial charge in [0.1, 0.15) is 12.5 Å². The van der Waals surface area contributed by atoms with Crippen LogP contribution in [0.3, 0.4) is 0 Å². The van der Waals surface area contributed by atoms with Gasteiger partial charge in [-0.1, -0.05) is 70.2 Å². The number of hydrogen-bond donors (Lipinski definition) is 2. The number of halogens is 1. The van der Waals surface area contributed by atoms with Crippen molar-refractivity contribution in [3.8, 4) is 0 Å². The molecule has 0 fully saturated rings. The van der Waals surface area contributed by atoms with Crippen molar-refractivity contribution >= 4 is 5.97 Å². The average molecular weight is 498 g/mol. The minimum absolute atomic E-state index is 0.0739. The van der Waals surface area contributed by atoms with Crippen molar-refractivity contribution in [1.29, 1.82) is 0 Å². The Morgan fingerprint density at radius 2 is 1.64 bits per heavy atom. The van der Waals surface area contributed by atoms with Gasteiger partial charge in [0.15, 0.2) is 0 Å². The molecule has 3 N–H and O–H groups in total. The molecule has 9 heteroatoms. The van der Waals surface area contributed by atoms with E-state index in [1.807, 2.05) is 30.3 Å². The van der Waals surface area contributed by atoms with Crippen molar-refractivity contribution in [2.75, 3.05) is 0 Å². The number of nitrogens with zero attached hydrogens (tertiary/aromatic N) is 2. The maximum absolute atomic E-state index is 13.8. The third-order valence-electron chi connectivity index (χ3n) is 6.28. The largest absolute Gasteiger partial charge is 0.478 e. The third kappa shape index (κ3) is 5.32. The zero-order valence-electron chi connectivity index (χ0n) is 20.9. The lowest BCUT2D eigenvalue weighted by Gasteiger charge is -2.32. The van der Waals surface area contributed by atoms with E-state index in [1.165, 1.54) is 16.7 Å². The van der Waals surface area contributed by atoms with Crippen molar-refractivity contribution in [1.82, 2.24) is 9.13 Å². The molecule has 0 spiro atoms. The minimum atomic E-state index is -2.26. The fourth-order valence-electron chi connectivity index (χ4n) is 4.17. The lowest BCUT2D eigenvalue weighted by atomic mass is 9.94. The Kier molecular flexibility index (Phi) is 8.27. The molecule has 0 saturated heterocycles. The first kappa shape index (κ1) is 27.0. The molecule has 1 unspecified atom stereocenters. The van der Waals surface area contributed by atoms with Gasteiger partial charge in [-0.25, -0.2) is 18.5 Å². The first-order valence-electron chi connectivity index (χ1n) is 11.8. The second kappa shape index (κ2) is 11.0. The Hall–Kier alpha value is -3.56. The summed E-state index contributed by atoms with van der Waals surface area (Å²) < 4.78 is 21.0. The molecule has 1 atom stereocenters. The fraction of sp³-hybridized carbons (Fsp3) is 0.370. The highest BCUT2D eigenvalue weighted by Gasteiger charge is 2.43. The van der Waals surface area contributed by atoms with Crippen LogP contribution in [-0.2, 0) is 35.0 Å². The number of rotatable bonds is 10. The molecule has 0 radical (unpaired) electrons. The quantitative estimate of drug-likeness (QED) is 0.444. The van der Waals surface area contributed by atoms with Crippen molar-refractivity contribution in [3.63, 3.8) is 0 Å². The van der Waals surface area contributed by atoms with Crippen LogP contribution >= 0.6 is 0 Å². The van der Waals surface area contributed by atoms with Crippen LogP contribution in [0, 0.1) is 11.7 Å². The number of carbonyl (C=O) groups is 1. The van der Waals surface area contributed by atoms with Crippen LogP contribution in [0.5, 0.6) is 0 Å². The van der Waals surface area contributed by atoms with Crippen LogP contribution in [0.25, 0.3) is 0 Å². The number of hydrogen-bond acceptors (Lipinski definition) is 5. The van der Waals surface area contributed by atoms with Crippen LogP contribution in [0.15, 0.2) is 64.2 Å². The summed E-state index contributed by atoms with van der Waals surface area (Å²) in [6, 6.07) is 15.1. The second-order valence-corrected chi connectivity index (χ2v) is 9.42. The summed E-state index contributed by atoms with van der Waals surface area (Å²) >= 11 is 0. The highest BCUT2D eigenvalue weighted by atomic mass is 19.1. The maximum atomic E-state index is 13.8. The molecule has 1 aromatic heterocycles. The van der Waals surface area contributed by atoms with E-state index >= 15 is 0 Å². The molecule has 3 aromatic rings. The van der Waals surface area contributed by atoms with Gasteiger partial charge in [0, 0.05) is 23.6 Å². The van der Waals surface area contributed by atoms with Crippen molar-refractivity contribution in [3.05, 3.63) is 104 Å². The number of benzene rings is 2. The summed E-state index contributed by atoms with van der Waals surface area (Å²) in [6.45, 7) is 6.51. The molecular formula is C27H32FN3O5. The molecule has 0 aliphatic rings. The van der Waals surface area contributed by atoms with Crippen LogP contribution in [0.2, 0.25) is 0 Å². The Morgan fingerprint density at radius 3 is 2.17 bits per heavy atom. The molecular weight excluding hydrogens is 465 g/mol. The molecule has 192 valence electrons. The second-order valence-electron chi connectivity index (χ2n) is 9.42. The zero-order valence-corrected chi connectivity index (χ0v) is 20.9. The third-order valence-corrected chi connectivity index (χ3v) is 6.28. The Balaban J connectivity index is 2.22. The Bertz CT molecular complexity index is 1330. The van der Waals surface area contributed by atoms with Crippen molar-refractivity contribution < 1.29 is 19.0 Å². The van der Waals surface area contributed by atoms with Crippen LogP contribution in [0.1, 0.15) is 56.0 Å². The number of ether oxygens (including phenoxy) is 1. The summed E-state index contributed by atoms with van der Waals surface area (Å²) in [6.07, 6.45) is 0.256. The molecule has 2 aromatic carbocycles. The van der Waals surface area contributed by atoms with Crippen LogP contribution in [-0.4, -0.2) is 20.2 Å². The first-order chi connectivity index (χ1) is 17.0. The van der Waals surface area contributed by atoms with Gasteiger partial charge in [-0.2, -0.15) is 0 Å². The van der Waals surface area contributed by atoms with Gasteiger partial charge < -0.3 is 9.84 Å². The minimum Gasteiger partial charge on any atom is -0.478 e. The lowest BCUT2D eigenvalue weighted by Crippen LogP contribution is -2.64. The van der Waals surface area contributed by atoms with E-state index in [2.05, 4.69) is 0 Å². The predicted octanol–water partition coefficient (Wildman–Crippen LogP) is 3.39. The van der Waals surface area contributed by atoms with Gasteiger partial charge in [0.05, 0.1) is 6.61 Å².